The van der Waals surface area contributed by atoms with Gasteiger partial charge in [0.25, 0.3) is 0 Å². The highest BCUT2D eigenvalue weighted by Crippen LogP contribution is 2.15. The van der Waals surface area contributed by atoms with E-state index in [2.05, 4.69) is 10.4 Å². The predicted molar refractivity (Wildman–Crippen MR) is 61.7 cm³/mol. The molecule has 0 aliphatic heterocycles. The lowest BCUT2D eigenvalue weighted by Gasteiger charge is -2.06. The van der Waals surface area contributed by atoms with Crippen LogP contribution in [0.2, 0.25) is 0 Å². The quantitative estimate of drug-likeness (QED) is 0.430. The molecule has 0 aliphatic carbocycles. The molecular formula is C10H16N4. The van der Waals surface area contributed by atoms with E-state index in [1.807, 2.05) is 39.3 Å². The van der Waals surface area contributed by atoms with Crippen molar-refractivity contribution in [1.29, 1.82) is 0 Å². The summed E-state index contributed by atoms with van der Waals surface area (Å²) in [6.07, 6.45) is 1.75. The monoisotopic (exact) mass is 192 g/mol. The number of nitrogen functional groups attached to an aromatic ring is 1. The summed E-state index contributed by atoms with van der Waals surface area (Å²) in [5, 5.41) is 8.91. The molecule has 1 aromatic rings. The number of hydrogen-bond acceptors (Lipinski definition) is 4. The molecule has 14 heavy (non-hydrogen) atoms. The lowest BCUT2D eigenvalue weighted by molar-refractivity contribution is 0.440. The van der Waals surface area contributed by atoms with E-state index in [0.717, 1.165) is 16.9 Å². The number of hydrazone groups is 1. The van der Waals surface area contributed by atoms with Crippen LogP contribution in [0.4, 0.5) is 11.4 Å². The molecule has 0 bridgehead atoms. The van der Waals surface area contributed by atoms with Gasteiger partial charge in [-0.05, 0) is 18.2 Å². The molecule has 4 heteroatoms. The van der Waals surface area contributed by atoms with Crippen LogP contribution in [0.15, 0.2) is 23.3 Å². The minimum absolute atomic E-state index is 0.731. The number of nitrogens with zero attached hydrogens (tertiary/aromatic N) is 2. The number of anilines is 2. The van der Waals surface area contributed by atoms with Crippen molar-refractivity contribution in [2.75, 3.05) is 32.2 Å². The normalized spacial score (nSPS) is 10.5. The van der Waals surface area contributed by atoms with Gasteiger partial charge >= 0.3 is 0 Å². The number of nitrogens with two attached hydrogens (primary N) is 1. The Morgan fingerprint density at radius 3 is 2.71 bits per heavy atom. The van der Waals surface area contributed by atoms with E-state index in [-0.39, 0.29) is 0 Å². The first-order valence-electron chi connectivity index (χ1n) is 4.42. The van der Waals surface area contributed by atoms with Gasteiger partial charge in [0, 0.05) is 38.1 Å². The topological polar surface area (TPSA) is 53.6 Å². The fourth-order valence-corrected chi connectivity index (χ4v) is 1.02. The molecule has 0 radical (unpaired) electrons. The summed E-state index contributed by atoms with van der Waals surface area (Å²) >= 11 is 0. The molecule has 0 amide bonds. The summed E-state index contributed by atoms with van der Waals surface area (Å²) in [6.45, 7) is 0. The molecule has 3 N–H and O–H groups in total. The molecule has 4 nitrogen and oxygen atoms in total. The second-order valence-corrected chi connectivity index (χ2v) is 3.19. The van der Waals surface area contributed by atoms with Gasteiger partial charge in [-0.15, -0.1) is 0 Å². The molecule has 0 saturated carbocycles. The maximum absolute atomic E-state index is 5.79. The SMILES string of the molecule is CNc1ccc(N)c(/C=N/N(C)C)c1. The number of nitrogens with one attached hydrogen (secondary N) is 1. The third-order valence-corrected chi connectivity index (χ3v) is 1.80. The lowest BCUT2D eigenvalue weighted by atomic mass is 10.2. The zero-order chi connectivity index (χ0) is 10.6. The maximum atomic E-state index is 5.79. The number of hydrogen-bond donors (Lipinski definition) is 2. The molecule has 1 rings (SSSR count). The van der Waals surface area contributed by atoms with Crippen LogP contribution in [0, 0.1) is 0 Å². The van der Waals surface area contributed by atoms with E-state index < -0.39 is 0 Å². The second-order valence-electron chi connectivity index (χ2n) is 3.19. The zero-order valence-electron chi connectivity index (χ0n) is 8.78. The summed E-state index contributed by atoms with van der Waals surface area (Å²) in [4.78, 5) is 0. The van der Waals surface area contributed by atoms with Crippen molar-refractivity contribution >= 4 is 17.6 Å². The minimum Gasteiger partial charge on any atom is -0.398 e. The summed E-state index contributed by atoms with van der Waals surface area (Å²) in [7, 11) is 5.61. The fourth-order valence-electron chi connectivity index (χ4n) is 1.02. The summed E-state index contributed by atoms with van der Waals surface area (Å²) in [5.74, 6) is 0. The fraction of sp³-hybridized carbons (Fsp3) is 0.300. The van der Waals surface area contributed by atoms with Crippen LogP contribution in [-0.2, 0) is 0 Å². The first kappa shape index (κ1) is 10.4. The Morgan fingerprint density at radius 1 is 1.43 bits per heavy atom. The third kappa shape index (κ3) is 2.65. The third-order valence-electron chi connectivity index (χ3n) is 1.80. The predicted octanol–water partition coefficient (Wildman–Crippen LogP) is 1.21. The van der Waals surface area contributed by atoms with Gasteiger partial charge in [0.15, 0.2) is 0 Å². The molecule has 0 atom stereocenters. The van der Waals surface area contributed by atoms with Crippen molar-refractivity contribution < 1.29 is 0 Å². The largest absolute Gasteiger partial charge is 0.398 e. The van der Waals surface area contributed by atoms with E-state index >= 15 is 0 Å². The van der Waals surface area contributed by atoms with Gasteiger partial charge in [0.1, 0.15) is 0 Å². The van der Waals surface area contributed by atoms with E-state index in [0.29, 0.717) is 0 Å². The van der Waals surface area contributed by atoms with Crippen LogP contribution < -0.4 is 11.1 Å². The van der Waals surface area contributed by atoms with E-state index in [9.17, 15) is 0 Å². The van der Waals surface area contributed by atoms with Gasteiger partial charge in [-0.2, -0.15) is 5.10 Å². The lowest BCUT2D eigenvalue weighted by Crippen LogP contribution is -2.03. The first-order chi connectivity index (χ1) is 6.63. The molecule has 1 aromatic carbocycles. The number of benzene rings is 1. The number of rotatable bonds is 3. The van der Waals surface area contributed by atoms with Gasteiger partial charge in [-0.25, -0.2) is 0 Å². The Bertz CT molecular complexity index is 331. The average Bonchev–Trinajstić information content (AvgIpc) is 2.16. The molecule has 0 unspecified atom stereocenters. The van der Waals surface area contributed by atoms with Crippen LogP contribution in [0.1, 0.15) is 5.56 Å². The van der Waals surface area contributed by atoms with E-state index in [1.165, 1.54) is 0 Å². The molecule has 76 valence electrons. The van der Waals surface area contributed by atoms with Crippen LogP contribution in [0.25, 0.3) is 0 Å². The molecule has 0 fully saturated rings. The van der Waals surface area contributed by atoms with Crippen molar-refractivity contribution in [1.82, 2.24) is 5.01 Å². The van der Waals surface area contributed by atoms with E-state index in [1.54, 1.807) is 11.2 Å². The Hall–Kier alpha value is -1.71. The van der Waals surface area contributed by atoms with Crippen LogP contribution >= 0.6 is 0 Å². The van der Waals surface area contributed by atoms with Gasteiger partial charge in [0.05, 0.1) is 6.21 Å². The van der Waals surface area contributed by atoms with Crippen molar-refractivity contribution in [2.24, 2.45) is 5.10 Å². The van der Waals surface area contributed by atoms with Crippen LogP contribution in [0.5, 0.6) is 0 Å². The summed E-state index contributed by atoms with van der Waals surface area (Å²) in [5.41, 5.74) is 8.47. The Labute approximate surface area is 84.4 Å². The van der Waals surface area contributed by atoms with Gasteiger partial charge in [-0.3, -0.25) is 0 Å². The van der Waals surface area contributed by atoms with Crippen LogP contribution in [0.3, 0.4) is 0 Å². The molecular weight excluding hydrogens is 176 g/mol. The van der Waals surface area contributed by atoms with Crippen LogP contribution in [-0.4, -0.2) is 32.4 Å². The Morgan fingerprint density at radius 2 is 2.14 bits per heavy atom. The first-order valence-corrected chi connectivity index (χ1v) is 4.42. The average molecular weight is 192 g/mol. The highest BCUT2D eigenvalue weighted by atomic mass is 15.4. The highest BCUT2D eigenvalue weighted by Gasteiger charge is 1.97. The summed E-state index contributed by atoms with van der Waals surface area (Å²) in [6, 6.07) is 5.76. The van der Waals surface area contributed by atoms with Crippen molar-refractivity contribution in [3.05, 3.63) is 23.8 Å². The molecule has 0 aromatic heterocycles. The molecule has 0 spiro atoms. The smallest absolute Gasteiger partial charge is 0.0564 e. The standard InChI is InChI=1S/C10H16N4/c1-12-9-4-5-10(11)8(6-9)7-13-14(2)3/h4-7,12H,11H2,1-3H3/b13-7+. The molecule has 0 aliphatic rings. The Kier molecular flexibility index (Phi) is 3.34. The Balaban J connectivity index is 2.94. The molecule has 0 heterocycles. The molecule has 0 saturated heterocycles. The second kappa shape index (κ2) is 4.50. The van der Waals surface area contributed by atoms with Crippen molar-refractivity contribution in [3.63, 3.8) is 0 Å². The van der Waals surface area contributed by atoms with Gasteiger partial charge in [0.2, 0.25) is 0 Å². The van der Waals surface area contributed by atoms with Gasteiger partial charge in [-0.1, -0.05) is 0 Å². The highest BCUT2D eigenvalue weighted by molar-refractivity contribution is 5.88. The minimum atomic E-state index is 0.731. The van der Waals surface area contributed by atoms with Crippen molar-refractivity contribution in [2.45, 2.75) is 0 Å². The van der Waals surface area contributed by atoms with E-state index in [4.69, 9.17) is 5.73 Å². The zero-order valence-corrected chi connectivity index (χ0v) is 8.78. The summed E-state index contributed by atoms with van der Waals surface area (Å²) < 4.78 is 0. The van der Waals surface area contributed by atoms with Gasteiger partial charge < -0.3 is 16.1 Å². The maximum Gasteiger partial charge on any atom is 0.0564 e. The van der Waals surface area contributed by atoms with Crippen molar-refractivity contribution in [3.8, 4) is 0 Å².